The molecule has 0 rings (SSSR count). The lowest BCUT2D eigenvalue weighted by atomic mass is 10.1. The largest absolute Gasteiger partial charge is 0.472 e. The molecule has 310 valence electrons. The van der Waals surface area contributed by atoms with E-state index < -0.39 is 32.5 Å². The van der Waals surface area contributed by atoms with Crippen LogP contribution < -0.4 is 0 Å². The molecular formula is C40H81NO8PS2+. The van der Waals surface area contributed by atoms with Crippen LogP contribution in [0.25, 0.3) is 0 Å². The minimum atomic E-state index is -4.37. The smallest absolute Gasteiger partial charge is 0.461 e. The zero-order chi connectivity index (χ0) is 38.6. The Balaban J connectivity index is 4.33. The molecule has 2 atom stereocenters. The molecule has 0 aromatic carbocycles. The Hall–Kier alpha value is -0.290. The average Bonchev–Trinajstić information content (AvgIpc) is 3.09. The fourth-order valence-corrected chi connectivity index (χ4v) is 7.94. The van der Waals surface area contributed by atoms with E-state index in [1.54, 1.807) is 11.8 Å². The highest BCUT2D eigenvalue weighted by Gasteiger charge is 2.27. The third kappa shape index (κ3) is 39.4. The van der Waals surface area contributed by atoms with Crippen molar-refractivity contribution in [2.45, 2.75) is 174 Å². The number of carbonyl (C=O) groups is 2. The summed E-state index contributed by atoms with van der Waals surface area (Å²) in [5, 5.41) is 0. The maximum Gasteiger partial charge on any atom is 0.472 e. The second-order valence-corrected chi connectivity index (χ2v) is 19.0. The van der Waals surface area contributed by atoms with Gasteiger partial charge in [0.2, 0.25) is 0 Å². The monoisotopic (exact) mass is 799 g/mol. The average molecular weight is 799 g/mol. The van der Waals surface area contributed by atoms with Crippen molar-refractivity contribution in [3.05, 3.63) is 0 Å². The van der Waals surface area contributed by atoms with Gasteiger partial charge >= 0.3 is 19.8 Å². The van der Waals surface area contributed by atoms with Crippen molar-refractivity contribution in [3.8, 4) is 0 Å². The van der Waals surface area contributed by atoms with Crippen molar-refractivity contribution in [1.29, 1.82) is 0 Å². The first-order chi connectivity index (χ1) is 25.0. The van der Waals surface area contributed by atoms with E-state index in [2.05, 4.69) is 13.8 Å². The lowest BCUT2D eigenvalue weighted by Gasteiger charge is -2.24. The molecule has 0 aliphatic rings. The lowest BCUT2D eigenvalue weighted by molar-refractivity contribution is -0.870. The second-order valence-electron chi connectivity index (χ2n) is 15.3. The third-order valence-electron chi connectivity index (χ3n) is 8.89. The molecule has 0 saturated heterocycles. The summed E-state index contributed by atoms with van der Waals surface area (Å²) < 4.78 is 34.2. The van der Waals surface area contributed by atoms with Gasteiger partial charge in [-0.1, -0.05) is 155 Å². The number of thioether (sulfide) groups is 2. The van der Waals surface area contributed by atoms with E-state index in [9.17, 15) is 19.0 Å². The minimum Gasteiger partial charge on any atom is -0.461 e. The first kappa shape index (κ1) is 51.7. The lowest BCUT2D eigenvalue weighted by Crippen LogP contribution is -2.37. The summed E-state index contributed by atoms with van der Waals surface area (Å²) in [5.74, 6) is 1.26. The van der Waals surface area contributed by atoms with Gasteiger partial charge in [-0.2, -0.15) is 23.5 Å². The Bertz CT molecular complexity index is 877. The fraction of sp³-hybridized carbons (Fsp3) is 0.950. The van der Waals surface area contributed by atoms with Crippen LogP contribution in [0.5, 0.6) is 0 Å². The van der Waals surface area contributed by atoms with Gasteiger partial charge in [0.25, 0.3) is 0 Å². The van der Waals surface area contributed by atoms with Gasteiger partial charge in [0, 0.05) is 0 Å². The molecule has 0 aromatic heterocycles. The summed E-state index contributed by atoms with van der Waals surface area (Å²) in [4.78, 5) is 35.2. The van der Waals surface area contributed by atoms with Crippen molar-refractivity contribution in [3.63, 3.8) is 0 Å². The molecule has 0 aliphatic carbocycles. The number of quaternary nitrogens is 1. The Morgan fingerprint density at radius 2 is 0.962 bits per heavy atom. The zero-order valence-corrected chi connectivity index (χ0v) is 36.7. The van der Waals surface area contributed by atoms with E-state index in [-0.39, 0.29) is 24.7 Å². The van der Waals surface area contributed by atoms with Gasteiger partial charge in [0.1, 0.15) is 19.8 Å². The Kier molecular flexibility index (Phi) is 36.2. The third-order valence-corrected chi connectivity index (χ3v) is 11.9. The van der Waals surface area contributed by atoms with Gasteiger partial charge in [0.15, 0.2) is 6.10 Å². The van der Waals surface area contributed by atoms with Gasteiger partial charge in [-0.15, -0.1) is 0 Å². The quantitative estimate of drug-likeness (QED) is 0.0278. The van der Waals surface area contributed by atoms with Crippen LogP contribution in [0.4, 0.5) is 0 Å². The van der Waals surface area contributed by atoms with Gasteiger partial charge < -0.3 is 18.9 Å². The molecule has 52 heavy (non-hydrogen) atoms. The van der Waals surface area contributed by atoms with Crippen LogP contribution in [0, 0.1) is 0 Å². The molecule has 12 heteroatoms. The molecule has 0 fully saturated rings. The molecule has 0 saturated carbocycles. The first-order valence-electron chi connectivity index (χ1n) is 20.9. The highest BCUT2D eigenvalue weighted by Crippen LogP contribution is 2.43. The zero-order valence-electron chi connectivity index (χ0n) is 34.2. The molecule has 0 heterocycles. The number of hydrogen-bond donors (Lipinski definition) is 1. The summed E-state index contributed by atoms with van der Waals surface area (Å²) in [5.41, 5.74) is 0. The molecule has 0 amide bonds. The number of ether oxygens (including phenoxy) is 2. The van der Waals surface area contributed by atoms with Crippen LogP contribution >= 0.6 is 31.3 Å². The molecular weight excluding hydrogens is 718 g/mol. The van der Waals surface area contributed by atoms with Crippen LogP contribution in [0.15, 0.2) is 0 Å². The summed E-state index contributed by atoms with van der Waals surface area (Å²) in [7, 11) is 1.47. The number of phosphoric ester groups is 1. The second kappa shape index (κ2) is 36.4. The number of likely N-dealkylation sites (N-methyl/N-ethyl adjacent to an activating group) is 1. The maximum absolute atomic E-state index is 12.6. The van der Waals surface area contributed by atoms with E-state index in [1.165, 1.54) is 147 Å². The molecule has 9 nitrogen and oxygen atoms in total. The molecule has 0 radical (unpaired) electrons. The molecule has 0 aliphatic heterocycles. The Morgan fingerprint density at radius 3 is 1.37 bits per heavy atom. The van der Waals surface area contributed by atoms with E-state index in [0.717, 1.165) is 30.8 Å². The van der Waals surface area contributed by atoms with Crippen molar-refractivity contribution in [1.82, 2.24) is 0 Å². The van der Waals surface area contributed by atoms with Crippen LogP contribution in [0.3, 0.4) is 0 Å². The predicted molar refractivity (Wildman–Crippen MR) is 222 cm³/mol. The highest BCUT2D eigenvalue weighted by molar-refractivity contribution is 8.00. The Labute approximate surface area is 328 Å². The van der Waals surface area contributed by atoms with Gasteiger partial charge in [-0.3, -0.25) is 18.6 Å². The van der Waals surface area contributed by atoms with Crippen molar-refractivity contribution < 1.29 is 42.1 Å². The SMILES string of the molecule is CCCCCCCCCCCCCCSCC(=O)OCC(COP(=O)(O)OCC[N+](C)(C)C)OC(=O)CSCCCCCCCCCCCCCC. The molecule has 2 unspecified atom stereocenters. The normalized spacial score (nSPS) is 13.6. The predicted octanol–water partition coefficient (Wildman–Crippen LogP) is 11.1. The van der Waals surface area contributed by atoms with Gasteiger partial charge in [-0.05, 0) is 24.3 Å². The minimum absolute atomic E-state index is 0.0307. The van der Waals surface area contributed by atoms with Gasteiger partial charge in [-0.25, -0.2) is 4.57 Å². The van der Waals surface area contributed by atoms with Crippen molar-refractivity contribution in [2.75, 3.05) is 70.5 Å². The molecule has 0 spiro atoms. The number of phosphoric acid groups is 1. The number of carbonyl (C=O) groups excluding carboxylic acids is 2. The van der Waals surface area contributed by atoms with Crippen molar-refractivity contribution in [2.24, 2.45) is 0 Å². The van der Waals surface area contributed by atoms with Gasteiger partial charge in [0.05, 0.1) is 39.3 Å². The van der Waals surface area contributed by atoms with Crippen LogP contribution in [0.2, 0.25) is 0 Å². The van der Waals surface area contributed by atoms with E-state index in [1.807, 2.05) is 21.1 Å². The number of unbranched alkanes of at least 4 members (excludes halogenated alkanes) is 22. The fourth-order valence-electron chi connectivity index (χ4n) is 5.61. The van der Waals surface area contributed by atoms with Crippen LogP contribution in [-0.2, 0) is 32.7 Å². The maximum atomic E-state index is 12.6. The van der Waals surface area contributed by atoms with Crippen LogP contribution in [0.1, 0.15) is 168 Å². The molecule has 0 bridgehead atoms. The topological polar surface area (TPSA) is 108 Å². The van der Waals surface area contributed by atoms with E-state index in [4.69, 9.17) is 18.5 Å². The summed E-state index contributed by atoms with van der Waals surface area (Å²) in [6, 6.07) is 0. The molecule has 0 aromatic rings. The number of rotatable bonds is 40. The number of esters is 2. The standard InChI is InChI=1S/C40H80NO8PS2/c1-6-8-10-12-14-16-18-20-22-24-26-28-32-51-36-39(42)46-34-38(35-48-50(44,45)47-31-30-41(3,4)5)49-40(43)37-52-33-29-27-25-23-21-19-17-15-13-11-9-7-2/h38H,6-37H2,1-5H3/p+1. The molecule has 1 N–H and O–H groups in total. The first-order valence-corrected chi connectivity index (χ1v) is 24.7. The summed E-state index contributed by atoms with van der Waals surface area (Å²) >= 11 is 3.06. The highest BCUT2D eigenvalue weighted by atomic mass is 32.2. The number of hydrogen-bond acceptors (Lipinski definition) is 9. The Morgan fingerprint density at radius 1 is 0.577 bits per heavy atom. The van der Waals surface area contributed by atoms with E-state index in [0.29, 0.717) is 11.0 Å². The van der Waals surface area contributed by atoms with E-state index >= 15 is 0 Å². The van der Waals surface area contributed by atoms with Crippen molar-refractivity contribution >= 4 is 43.3 Å². The summed E-state index contributed by atoms with van der Waals surface area (Å²) in [6.07, 6.45) is 30.0. The van der Waals surface area contributed by atoms with Crippen LogP contribution in [-0.4, -0.2) is 97.9 Å². The number of nitrogens with zero attached hydrogens (tertiary/aromatic N) is 1. The summed E-state index contributed by atoms with van der Waals surface area (Å²) in [6.45, 7) is 4.40.